The molecule has 19 heavy (non-hydrogen) atoms. The van der Waals surface area contributed by atoms with Crippen LogP contribution >= 0.6 is 27.3 Å². The van der Waals surface area contributed by atoms with Gasteiger partial charge in [-0.2, -0.15) is 0 Å². The van der Waals surface area contributed by atoms with E-state index in [-0.39, 0.29) is 5.91 Å². The lowest BCUT2D eigenvalue weighted by Crippen LogP contribution is -2.40. The van der Waals surface area contributed by atoms with Gasteiger partial charge in [-0.1, -0.05) is 25.7 Å². The molecule has 1 aliphatic carbocycles. The van der Waals surface area contributed by atoms with E-state index in [0.29, 0.717) is 12.6 Å². The molecule has 0 aromatic carbocycles. The molecule has 2 N–H and O–H groups in total. The van der Waals surface area contributed by atoms with Gasteiger partial charge < -0.3 is 10.6 Å². The fourth-order valence-corrected chi connectivity index (χ4v) is 3.91. The maximum absolute atomic E-state index is 11.9. The molecule has 0 unspecified atom stereocenters. The van der Waals surface area contributed by atoms with Crippen LogP contribution in [0.1, 0.15) is 43.4 Å². The molecular weight excluding hydrogens is 324 g/mol. The average molecular weight is 345 g/mol. The van der Waals surface area contributed by atoms with Crippen LogP contribution in [0, 0.1) is 0 Å². The number of amides is 1. The minimum absolute atomic E-state index is 0.125. The summed E-state index contributed by atoms with van der Waals surface area (Å²) in [4.78, 5) is 13.1. The summed E-state index contributed by atoms with van der Waals surface area (Å²) in [6.07, 6.45) is 7.42. The topological polar surface area (TPSA) is 41.1 Å². The van der Waals surface area contributed by atoms with E-state index in [4.69, 9.17) is 0 Å². The lowest BCUT2D eigenvalue weighted by Gasteiger charge is -2.16. The van der Waals surface area contributed by atoms with Gasteiger partial charge in [0.05, 0.1) is 6.54 Å². The predicted molar refractivity (Wildman–Crippen MR) is 83.4 cm³/mol. The van der Waals surface area contributed by atoms with E-state index in [1.54, 1.807) is 11.3 Å². The molecule has 0 saturated heterocycles. The Labute approximate surface area is 127 Å². The summed E-state index contributed by atoms with van der Waals surface area (Å²) >= 11 is 5.19. The highest BCUT2D eigenvalue weighted by molar-refractivity contribution is 9.10. The van der Waals surface area contributed by atoms with Gasteiger partial charge in [0, 0.05) is 21.9 Å². The number of hydrogen-bond donors (Lipinski definition) is 2. The number of carbonyl (C=O) groups excluding carboxylic acids is 1. The fraction of sp³-hybridized carbons (Fsp3) is 0.643. The molecule has 2 rings (SSSR count). The third-order valence-electron chi connectivity index (χ3n) is 3.48. The predicted octanol–water partition coefficient (Wildman–Crippen LogP) is 3.44. The molecule has 0 aliphatic heterocycles. The molecule has 1 amide bonds. The van der Waals surface area contributed by atoms with Crippen LogP contribution in [-0.2, 0) is 11.3 Å². The fourth-order valence-electron chi connectivity index (χ4n) is 2.44. The Kier molecular flexibility index (Phi) is 6.34. The van der Waals surface area contributed by atoms with Crippen LogP contribution in [0.15, 0.2) is 15.9 Å². The Bertz CT molecular complexity index is 400. The highest BCUT2D eigenvalue weighted by Gasteiger charge is 2.14. The summed E-state index contributed by atoms with van der Waals surface area (Å²) in [6, 6.07) is 2.43. The third kappa shape index (κ3) is 5.24. The first-order valence-corrected chi connectivity index (χ1v) is 8.65. The van der Waals surface area contributed by atoms with Crippen LogP contribution in [0.4, 0.5) is 0 Å². The Morgan fingerprint density at radius 3 is 2.68 bits per heavy atom. The lowest BCUT2D eigenvalue weighted by atomic mass is 10.1. The summed E-state index contributed by atoms with van der Waals surface area (Å²) in [5, 5.41) is 8.39. The monoisotopic (exact) mass is 344 g/mol. The maximum Gasteiger partial charge on any atom is 0.234 e. The Morgan fingerprint density at radius 2 is 2.05 bits per heavy atom. The smallest absolute Gasteiger partial charge is 0.234 e. The number of halogens is 1. The van der Waals surface area contributed by atoms with Crippen molar-refractivity contribution >= 4 is 33.2 Å². The van der Waals surface area contributed by atoms with Crippen molar-refractivity contribution in [3.05, 3.63) is 20.8 Å². The van der Waals surface area contributed by atoms with E-state index in [0.717, 1.165) is 23.9 Å². The number of carbonyl (C=O) groups is 1. The second kappa shape index (κ2) is 8.02. The molecule has 0 bridgehead atoms. The van der Waals surface area contributed by atoms with Gasteiger partial charge in [0.25, 0.3) is 0 Å². The van der Waals surface area contributed by atoms with Gasteiger partial charge in [0.2, 0.25) is 5.91 Å². The highest BCUT2D eigenvalue weighted by atomic mass is 79.9. The first-order chi connectivity index (χ1) is 9.25. The molecular formula is C14H21BrN2OS. The standard InChI is InChI=1S/C14H21BrN2OS/c15-12-7-8-19-13(12)9-16-10-14(18)17-11-5-3-1-2-4-6-11/h7-8,11,16H,1-6,9-10H2,(H,17,18). The van der Waals surface area contributed by atoms with Crippen molar-refractivity contribution in [2.75, 3.05) is 6.54 Å². The number of rotatable bonds is 5. The molecule has 1 aromatic heterocycles. The van der Waals surface area contributed by atoms with Crippen LogP contribution in [0.25, 0.3) is 0 Å². The lowest BCUT2D eigenvalue weighted by molar-refractivity contribution is -0.121. The molecule has 3 nitrogen and oxygen atoms in total. The molecule has 1 fully saturated rings. The maximum atomic E-state index is 11.9. The molecule has 0 spiro atoms. The molecule has 1 aromatic rings. The van der Waals surface area contributed by atoms with E-state index < -0.39 is 0 Å². The van der Waals surface area contributed by atoms with Crippen LogP contribution < -0.4 is 10.6 Å². The number of nitrogens with one attached hydrogen (secondary N) is 2. The summed E-state index contributed by atoms with van der Waals surface area (Å²) in [5.41, 5.74) is 0. The molecule has 5 heteroatoms. The van der Waals surface area contributed by atoms with Crippen molar-refractivity contribution in [3.63, 3.8) is 0 Å². The van der Waals surface area contributed by atoms with Gasteiger partial charge >= 0.3 is 0 Å². The largest absolute Gasteiger partial charge is 0.352 e. The second-order valence-corrected chi connectivity index (χ2v) is 6.91. The van der Waals surface area contributed by atoms with Gasteiger partial charge in [0.15, 0.2) is 0 Å². The van der Waals surface area contributed by atoms with E-state index >= 15 is 0 Å². The minimum atomic E-state index is 0.125. The first-order valence-electron chi connectivity index (χ1n) is 6.97. The molecule has 1 saturated carbocycles. The molecule has 0 atom stereocenters. The minimum Gasteiger partial charge on any atom is -0.352 e. The van der Waals surface area contributed by atoms with Crippen LogP contribution in [0.5, 0.6) is 0 Å². The Morgan fingerprint density at radius 1 is 1.32 bits per heavy atom. The molecule has 1 aliphatic rings. The highest BCUT2D eigenvalue weighted by Crippen LogP contribution is 2.22. The summed E-state index contributed by atoms with van der Waals surface area (Å²) in [5.74, 6) is 0.125. The van der Waals surface area contributed by atoms with Crippen LogP contribution in [0.2, 0.25) is 0 Å². The second-order valence-electron chi connectivity index (χ2n) is 5.05. The number of thiophene rings is 1. The van der Waals surface area contributed by atoms with Crippen molar-refractivity contribution in [2.24, 2.45) is 0 Å². The zero-order valence-electron chi connectivity index (χ0n) is 11.1. The summed E-state index contributed by atoms with van der Waals surface area (Å²) < 4.78 is 1.12. The van der Waals surface area contributed by atoms with Gasteiger partial charge in [-0.05, 0) is 40.2 Å². The van der Waals surface area contributed by atoms with E-state index in [1.165, 1.54) is 30.6 Å². The van der Waals surface area contributed by atoms with Crippen molar-refractivity contribution < 1.29 is 4.79 Å². The third-order valence-corrected chi connectivity index (χ3v) is 5.41. The zero-order valence-corrected chi connectivity index (χ0v) is 13.5. The molecule has 0 radical (unpaired) electrons. The van der Waals surface area contributed by atoms with Gasteiger partial charge in [-0.3, -0.25) is 4.79 Å². The van der Waals surface area contributed by atoms with E-state index in [1.807, 2.05) is 11.4 Å². The zero-order chi connectivity index (χ0) is 13.5. The van der Waals surface area contributed by atoms with Crippen molar-refractivity contribution in [1.82, 2.24) is 10.6 Å². The number of hydrogen-bond acceptors (Lipinski definition) is 3. The normalized spacial score (nSPS) is 17.1. The summed E-state index contributed by atoms with van der Waals surface area (Å²) in [7, 11) is 0. The van der Waals surface area contributed by atoms with Crippen molar-refractivity contribution in [1.29, 1.82) is 0 Å². The Balaban J connectivity index is 1.65. The van der Waals surface area contributed by atoms with Crippen molar-refractivity contribution in [2.45, 2.75) is 51.1 Å². The van der Waals surface area contributed by atoms with E-state index in [9.17, 15) is 4.79 Å². The average Bonchev–Trinajstić information content (AvgIpc) is 2.65. The van der Waals surface area contributed by atoms with Crippen LogP contribution in [-0.4, -0.2) is 18.5 Å². The van der Waals surface area contributed by atoms with Crippen LogP contribution in [0.3, 0.4) is 0 Å². The van der Waals surface area contributed by atoms with E-state index in [2.05, 4.69) is 26.6 Å². The quantitative estimate of drug-likeness (QED) is 0.803. The van der Waals surface area contributed by atoms with Gasteiger partial charge in [0.1, 0.15) is 0 Å². The van der Waals surface area contributed by atoms with Gasteiger partial charge in [-0.25, -0.2) is 0 Å². The molecule has 1 heterocycles. The molecule has 106 valence electrons. The SMILES string of the molecule is O=C(CNCc1sccc1Br)NC1CCCCCC1. The Hall–Kier alpha value is -0.390. The summed E-state index contributed by atoms with van der Waals surface area (Å²) in [6.45, 7) is 1.15. The van der Waals surface area contributed by atoms with Gasteiger partial charge in [-0.15, -0.1) is 11.3 Å². The first kappa shape index (κ1) is 15.0. The van der Waals surface area contributed by atoms with Crippen molar-refractivity contribution in [3.8, 4) is 0 Å².